The number of fused-ring (bicyclic) bond motifs is 6. The molecule has 3 aromatic heterocycles. The highest BCUT2D eigenvalue weighted by molar-refractivity contribution is 6.12. The summed E-state index contributed by atoms with van der Waals surface area (Å²) in [6, 6.07) is -21.1. The molecule has 10 aromatic rings. The largest absolute Gasteiger partial charge is 0.309 e. The first-order chi connectivity index (χ1) is 36.4. The molecule has 0 spiro atoms. The Morgan fingerprint density at radius 2 is 0.882 bits per heavy atom. The molecule has 0 aliphatic rings. The zero-order valence-electron chi connectivity index (χ0n) is 52.8. The van der Waals surface area contributed by atoms with Crippen LogP contribution in [0.5, 0.6) is 0 Å². The number of hydrogen-bond donors (Lipinski definition) is 0. The fraction of sp³-hybridized carbons (Fsp3) is 0.0217. The van der Waals surface area contributed by atoms with Gasteiger partial charge in [0.2, 0.25) is 0 Å². The van der Waals surface area contributed by atoms with Gasteiger partial charge in [-0.1, -0.05) is 120 Å². The number of para-hydroxylation sites is 3. The Labute approximate surface area is 332 Å². The predicted octanol–water partition coefficient (Wildman–Crippen LogP) is 11.4. The summed E-state index contributed by atoms with van der Waals surface area (Å²) in [5.74, 6) is -2.06. The van der Waals surface area contributed by atoms with Gasteiger partial charge in [0, 0.05) is 49.6 Å². The van der Waals surface area contributed by atoms with E-state index in [4.69, 9.17) is 27.4 Å². The average molecular weight is 681 g/mol. The van der Waals surface area contributed by atoms with Crippen LogP contribution in [0.2, 0.25) is 0 Å². The van der Waals surface area contributed by atoms with Gasteiger partial charge in [0.25, 0.3) is 0 Å². The number of hydrogen-bond acceptors (Lipinski definition) is 3. The smallest absolute Gasteiger partial charge is 0.164 e. The number of benzene rings is 7. The number of nitrogens with zero attached hydrogens (tertiary/aromatic N) is 5. The Balaban J connectivity index is 1.39. The van der Waals surface area contributed by atoms with Crippen LogP contribution in [-0.4, -0.2) is 24.1 Å². The summed E-state index contributed by atoms with van der Waals surface area (Å²) < 4.78 is 242. The summed E-state index contributed by atoms with van der Waals surface area (Å²) >= 11 is 0. The maximum absolute atomic E-state index is 9.93. The standard InChI is InChI=1S/C46H31N5/c1-30-13-11-16-32(27-30)45-47-44(31-14-3-2-4-15-31)48-46(49-45)33-17-12-18-34(28-33)50-42-24-10-7-21-38(42)39-29-35(25-26-43(39)50)51-40-22-8-5-19-36(40)37-20-6-9-23-41(37)51/h2-29H,1H3/i2D,3D,4D,5D,6D,7D,8D,9D,10D,11D,12D,13D,14D,15D,16D,17D,18D,19D,20D,21D,22D,23D,24D,25D,26D,27D,29D. The third kappa shape index (κ3) is 4.82. The van der Waals surface area contributed by atoms with Crippen molar-refractivity contribution in [2.45, 2.75) is 6.92 Å². The van der Waals surface area contributed by atoms with Crippen LogP contribution in [0.1, 0.15) is 42.6 Å². The summed E-state index contributed by atoms with van der Waals surface area (Å²) in [5.41, 5.74) is -5.46. The minimum Gasteiger partial charge on any atom is -0.309 e. The number of aromatic nitrogens is 5. The van der Waals surface area contributed by atoms with Crippen molar-refractivity contribution >= 4 is 43.6 Å². The van der Waals surface area contributed by atoms with Crippen LogP contribution in [-0.2, 0) is 0 Å². The minimum absolute atomic E-state index is 0.118. The Kier molecular flexibility index (Phi) is 2.92. The van der Waals surface area contributed by atoms with E-state index in [1.807, 2.05) is 0 Å². The normalized spacial score (nSPS) is 19.0. The highest BCUT2D eigenvalue weighted by atomic mass is 15.0. The predicted molar refractivity (Wildman–Crippen MR) is 210 cm³/mol. The van der Waals surface area contributed by atoms with Crippen LogP contribution in [0, 0.1) is 6.92 Å². The van der Waals surface area contributed by atoms with E-state index in [0.29, 0.717) is 0 Å². The SMILES string of the molecule is [2H]c1c(-c2nc(-c3c([2H])c([2H])c([2H])c([2H])c3[2H])nc(-c3c([2H])c([2H])c([2H])c(C)c3[2H])n2)cc(-n2c3c([2H])c([2H])c([2H])c([2H])c3c3c([2H])c(-n4c5c([2H])c([2H])c([2H])c([2H])c5c5c([2H])c([2H])c([2H])c([2H])c54)c([2H])c([2H])c32)c([2H])c1[2H]. The van der Waals surface area contributed by atoms with Crippen molar-refractivity contribution in [1.29, 1.82) is 0 Å². The number of rotatable bonds is 5. The molecule has 3 heterocycles. The first-order valence-electron chi connectivity index (χ1n) is 28.5. The van der Waals surface area contributed by atoms with Crippen molar-refractivity contribution in [1.82, 2.24) is 24.1 Å². The van der Waals surface area contributed by atoms with E-state index in [0.717, 1.165) is 15.2 Å². The molecule has 0 saturated heterocycles. The first-order valence-corrected chi connectivity index (χ1v) is 15.0. The lowest BCUT2D eigenvalue weighted by molar-refractivity contribution is 1.07. The molecule has 5 nitrogen and oxygen atoms in total. The van der Waals surface area contributed by atoms with Crippen LogP contribution in [0.15, 0.2) is 169 Å². The maximum atomic E-state index is 9.93. The van der Waals surface area contributed by atoms with Gasteiger partial charge in [-0.2, -0.15) is 0 Å². The molecular formula is C46H31N5. The third-order valence-corrected chi connectivity index (χ3v) is 7.88. The van der Waals surface area contributed by atoms with Crippen molar-refractivity contribution in [3.8, 4) is 45.5 Å². The van der Waals surface area contributed by atoms with Gasteiger partial charge in [-0.05, 0) is 61.3 Å². The first kappa shape index (κ1) is 12.8. The zero-order chi connectivity index (χ0) is 57.4. The average Bonchev–Trinajstić information content (AvgIpc) is 4.04. The van der Waals surface area contributed by atoms with Crippen LogP contribution < -0.4 is 0 Å². The fourth-order valence-corrected chi connectivity index (χ4v) is 5.75. The van der Waals surface area contributed by atoms with Crippen LogP contribution in [0.3, 0.4) is 0 Å². The molecule has 0 N–H and O–H groups in total. The van der Waals surface area contributed by atoms with Crippen molar-refractivity contribution in [3.63, 3.8) is 0 Å². The summed E-state index contributed by atoms with van der Waals surface area (Å²) in [4.78, 5) is 13.1. The third-order valence-electron chi connectivity index (χ3n) is 7.88. The Morgan fingerprint density at radius 1 is 0.392 bits per heavy atom. The highest BCUT2D eigenvalue weighted by Gasteiger charge is 2.18. The van der Waals surface area contributed by atoms with E-state index in [9.17, 15) is 9.60 Å². The Hall–Kier alpha value is -6.85. The monoisotopic (exact) mass is 680 g/mol. The zero-order valence-corrected chi connectivity index (χ0v) is 25.8. The van der Waals surface area contributed by atoms with Gasteiger partial charge >= 0.3 is 0 Å². The summed E-state index contributed by atoms with van der Waals surface area (Å²) in [6.45, 7) is 1.30. The van der Waals surface area contributed by atoms with E-state index in [2.05, 4.69) is 15.0 Å². The fourth-order valence-electron chi connectivity index (χ4n) is 5.75. The molecule has 240 valence electrons. The van der Waals surface area contributed by atoms with Crippen LogP contribution in [0.25, 0.3) is 89.2 Å². The summed E-state index contributed by atoms with van der Waals surface area (Å²) in [7, 11) is 0. The van der Waals surface area contributed by atoms with E-state index < -0.39 is 252 Å². The molecule has 5 heteroatoms. The van der Waals surface area contributed by atoms with Gasteiger partial charge in [0.1, 0.15) is 0 Å². The van der Waals surface area contributed by atoms with Crippen molar-refractivity contribution < 1.29 is 37.0 Å². The maximum Gasteiger partial charge on any atom is 0.164 e. The molecule has 0 unspecified atom stereocenters. The van der Waals surface area contributed by atoms with E-state index in [-0.39, 0.29) is 5.56 Å². The van der Waals surface area contributed by atoms with Gasteiger partial charge in [-0.25, -0.2) is 15.0 Å². The topological polar surface area (TPSA) is 48.5 Å². The quantitative estimate of drug-likeness (QED) is 0.182. The second-order valence-electron chi connectivity index (χ2n) is 10.9. The van der Waals surface area contributed by atoms with Crippen LogP contribution in [0.4, 0.5) is 0 Å². The van der Waals surface area contributed by atoms with E-state index in [1.54, 1.807) is 0 Å². The van der Waals surface area contributed by atoms with Gasteiger partial charge < -0.3 is 9.13 Å². The lowest BCUT2D eigenvalue weighted by atomic mass is 10.1. The molecule has 0 bridgehead atoms. The van der Waals surface area contributed by atoms with Gasteiger partial charge in [0.05, 0.1) is 59.1 Å². The molecule has 0 radical (unpaired) electrons. The molecule has 7 aromatic carbocycles. The van der Waals surface area contributed by atoms with Gasteiger partial charge in [-0.3, -0.25) is 0 Å². The Bertz CT molecular complexity index is 4270. The molecule has 0 amide bonds. The Morgan fingerprint density at radius 3 is 1.57 bits per heavy atom. The van der Waals surface area contributed by atoms with Gasteiger partial charge in [0.15, 0.2) is 17.5 Å². The minimum atomic E-state index is -0.981. The summed E-state index contributed by atoms with van der Waals surface area (Å²) in [6.07, 6.45) is 0. The molecule has 51 heavy (non-hydrogen) atoms. The van der Waals surface area contributed by atoms with Crippen molar-refractivity contribution in [2.24, 2.45) is 0 Å². The molecule has 10 rings (SSSR count). The van der Waals surface area contributed by atoms with Crippen LogP contribution >= 0.6 is 0 Å². The lowest BCUT2D eigenvalue weighted by Crippen LogP contribution is -2.01. The van der Waals surface area contributed by atoms with E-state index >= 15 is 0 Å². The van der Waals surface area contributed by atoms with Gasteiger partial charge in [-0.15, -0.1) is 0 Å². The lowest BCUT2D eigenvalue weighted by Gasteiger charge is -2.12. The van der Waals surface area contributed by atoms with E-state index in [1.165, 1.54) is 6.92 Å². The second kappa shape index (κ2) is 11.6. The molecule has 0 fully saturated rings. The molecule has 0 atom stereocenters. The molecule has 0 aliphatic heterocycles. The second-order valence-corrected chi connectivity index (χ2v) is 10.9. The molecule has 0 aliphatic carbocycles. The molecule has 0 saturated carbocycles. The summed E-state index contributed by atoms with van der Waals surface area (Å²) in [5, 5.41) is -2.00. The highest BCUT2D eigenvalue weighted by Crippen LogP contribution is 2.37. The molecular weight excluding hydrogens is 623 g/mol. The van der Waals surface area contributed by atoms with Crippen molar-refractivity contribution in [2.75, 3.05) is 0 Å². The van der Waals surface area contributed by atoms with Crippen molar-refractivity contribution in [3.05, 3.63) is 175 Å².